The highest BCUT2D eigenvalue weighted by molar-refractivity contribution is 9.09. The molecule has 54 valence electrons. The predicted octanol–water partition coefficient (Wildman–Crippen LogP) is 1.81. The van der Waals surface area contributed by atoms with Crippen molar-refractivity contribution >= 4 is 15.9 Å². The quantitative estimate of drug-likeness (QED) is 0.632. The van der Waals surface area contributed by atoms with E-state index in [0.29, 0.717) is 11.9 Å². The molecule has 0 N–H and O–H groups in total. The van der Waals surface area contributed by atoms with Crippen molar-refractivity contribution in [3.63, 3.8) is 0 Å². The molecule has 0 amide bonds. The van der Waals surface area contributed by atoms with E-state index in [-0.39, 0.29) is 6.42 Å². The second-order valence-electron chi connectivity index (χ2n) is 2.01. The highest BCUT2D eigenvalue weighted by Crippen LogP contribution is 2.44. The van der Waals surface area contributed by atoms with Crippen molar-refractivity contribution < 1.29 is 13.5 Å². The van der Waals surface area contributed by atoms with Gasteiger partial charge in [-0.1, -0.05) is 15.9 Å². The van der Waals surface area contributed by atoms with E-state index >= 15 is 0 Å². The van der Waals surface area contributed by atoms with Gasteiger partial charge in [0.1, 0.15) is 6.10 Å². The summed E-state index contributed by atoms with van der Waals surface area (Å²) < 4.78 is 28.7. The Hall–Kier alpha value is 0.300. The first-order valence-electron chi connectivity index (χ1n) is 2.72. The lowest BCUT2D eigenvalue weighted by atomic mass is 10.7. The molecule has 0 bridgehead atoms. The molecule has 1 aliphatic carbocycles. The van der Waals surface area contributed by atoms with Crippen molar-refractivity contribution in [2.75, 3.05) is 11.9 Å². The zero-order chi connectivity index (χ0) is 6.91. The van der Waals surface area contributed by atoms with Crippen molar-refractivity contribution in [3.05, 3.63) is 0 Å². The summed E-state index contributed by atoms with van der Waals surface area (Å²) in [5.41, 5.74) is 0. The molecule has 0 radical (unpaired) electrons. The van der Waals surface area contributed by atoms with Crippen LogP contribution < -0.4 is 0 Å². The highest BCUT2D eigenvalue weighted by Gasteiger charge is 2.58. The second kappa shape index (κ2) is 2.50. The normalized spacial score (nSPS) is 30.3. The third-order valence-electron chi connectivity index (χ3n) is 1.16. The van der Waals surface area contributed by atoms with Crippen LogP contribution in [-0.2, 0) is 4.74 Å². The minimum absolute atomic E-state index is 0.0972. The van der Waals surface area contributed by atoms with Gasteiger partial charge >= 0.3 is 0 Å². The Kier molecular flexibility index (Phi) is 2.06. The Morgan fingerprint density at radius 2 is 2.22 bits per heavy atom. The predicted molar refractivity (Wildman–Crippen MR) is 33.1 cm³/mol. The summed E-state index contributed by atoms with van der Waals surface area (Å²) in [5, 5.41) is 0.625. The lowest BCUT2D eigenvalue weighted by Crippen LogP contribution is -2.05. The lowest BCUT2D eigenvalue weighted by Gasteiger charge is -1.96. The fourth-order valence-electron chi connectivity index (χ4n) is 0.556. The molecule has 0 saturated heterocycles. The zero-order valence-electron chi connectivity index (χ0n) is 4.74. The minimum Gasteiger partial charge on any atom is -0.371 e. The number of alkyl halides is 3. The van der Waals surface area contributed by atoms with Gasteiger partial charge < -0.3 is 4.74 Å². The van der Waals surface area contributed by atoms with E-state index < -0.39 is 12.0 Å². The molecular formula is C5H7BrF2O. The van der Waals surface area contributed by atoms with E-state index in [1.165, 1.54) is 0 Å². The van der Waals surface area contributed by atoms with E-state index in [1.807, 2.05) is 0 Å². The summed E-state index contributed by atoms with van der Waals surface area (Å²) in [6.07, 6.45) is -0.893. The maximum absolute atomic E-state index is 12.0. The largest absolute Gasteiger partial charge is 0.371 e. The molecule has 1 unspecified atom stereocenters. The van der Waals surface area contributed by atoms with Crippen molar-refractivity contribution in [1.82, 2.24) is 0 Å². The first-order valence-corrected chi connectivity index (χ1v) is 3.84. The Bertz CT molecular complexity index is 107. The summed E-state index contributed by atoms with van der Waals surface area (Å²) >= 11 is 3.07. The fourth-order valence-corrected chi connectivity index (χ4v) is 0.743. The number of hydrogen-bond donors (Lipinski definition) is 0. The van der Waals surface area contributed by atoms with Crippen LogP contribution in [0.5, 0.6) is 0 Å². The highest BCUT2D eigenvalue weighted by atomic mass is 79.9. The molecule has 1 nitrogen and oxygen atoms in total. The van der Waals surface area contributed by atoms with Gasteiger partial charge in [0, 0.05) is 11.8 Å². The first kappa shape index (κ1) is 7.41. The van der Waals surface area contributed by atoms with E-state index in [9.17, 15) is 8.78 Å². The van der Waals surface area contributed by atoms with E-state index in [2.05, 4.69) is 15.9 Å². The third-order valence-corrected chi connectivity index (χ3v) is 1.49. The first-order chi connectivity index (χ1) is 4.17. The van der Waals surface area contributed by atoms with Crippen LogP contribution in [0.1, 0.15) is 6.42 Å². The van der Waals surface area contributed by atoms with Crippen LogP contribution >= 0.6 is 15.9 Å². The summed E-state index contributed by atoms with van der Waals surface area (Å²) in [7, 11) is 0. The molecule has 1 atom stereocenters. The fraction of sp³-hybridized carbons (Fsp3) is 1.00. The van der Waals surface area contributed by atoms with E-state index in [4.69, 9.17) is 4.74 Å². The topological polar surface area (TPSA) is 9.23 Å². The van der Waals surface area contributed by atoms with Crippen molar-refractivity contribution in [3.8, 4) is 0 Å². The Morgan fingerprint density at radius 3 is 2.56 bits per heavy atom. The minimum atomic E-state index is -2.53. The Balaban J connectivity index is 2.06. The average molecular weight is 201 g/mol. The number of rotatable bonds is 3. The maximum atomic E-state index is 12.0. The van der Waals surface area contributed by atoms with Crippen LogP contribution in [0.2, 0.25) is 0 Å². The molecule has 1 rings (SSSR count). The van der Waals surface area contributed by atoms with Crippen LogP contribution in [0, 0.1) is 0 Å². The van der Waals surface area contributed by atoms with Crippen molar-refractivity contribution in [2.45, 2.75) is 18.4 Å². The van der Waals surface area contributed by atoms with Gasteiger partial charge in [0.2, 0.25) is 0 Å². The third kappa shape index (κ3) is 1.86. The molecule has 9 heavy (non-hydrogen) atoms. The van der Waals surface area contributed by atoms with Gasteiger partial charge in [-0.25, -0.2) is 8.78 Å². The van der Waals surface area contributed by atoms with E-state index in [1.54, 1.807) is 0 Å². The smallest absolute Gasteiger partial charge is 0.276 e. The monoisotopic (exact) mass is 200 g/mol. The van der Waals surface area contributed by atoms with Gasteiger partial charge in [-0.3, -0.25) is 0 Å². The lowest BCUT2D eigenvalue weighted by molar-refractivity contribution is 0.0191. The van der Waals surface area contributed by atoms with Gasteiger partial charge in [-0.2, -0.15) is 0 Å². The molecule has 0 heterocycles. The average Bonchev–Trinajstić information content (AvgIpc) is 2.35. The molecule has 1 saturated carbocycles. The number of halogens is 3. The standard InChI is InChI=1S/C5H7BrF2O/c6-1-2-9-4-3-5(4,7)8/h4H,1-3H2. The SMILES string of the molecule is FC1(F)CC1OCCBr. The van der Waals surface area contributed by atoms with Gasteiger partial charge in [0.05, 0.1) is 6.61 Å². The van der Waals surface area contributed by atoms with Gasteiger partial charge in [-0.15, -0.1) is 0 Å². The van der Waals surface area contributed by atoms with Gasteiger partial charge in [-0.05, 0) is 0 Å². The summed E-state index contributed by atoms with van der Waals surface area (Å²) in [6.45, 7) is 0.375. The molecule has 1 aliphatic rings. The Labute approximate surface area is 60.5 Å². The van der Waals surface area contributed by atoms with Gasteiger partial charge in [0.15, 0.2) is 0 Å². The molecule has 4 heteroatoms. The van der Waals surface area contributed by atoms with Crippen LogP contribution in [0.25, 0.3) is 0 Å². The molecule has 0 aromatic heterocycles. The molecular weight excluding hydrogens is 194 g/mol. The number of ether oxygens (including phenoxy) is 1. The number of hydrogen-bond acceptors (Lipinski definition) is 1. The maximum Gasteiger partial charge on any atom is 0.276 e. The Morgan fingerprint density at radius 1 is 1.67 bits per heavy atom. The molecule has 0 aromatic carbocycles. The van der Waals surface area contributed by atoms with E-state index in [0.717, 1.165) is 0 Å². The van der Waals surface area contributed by atoms with Crippen LogP contribution in [0.4, 0.5) is 8.78 Å². The van der Waals surface area contributed by atoms with Crippen LogP contribution in [0.15, 0.2) is 0 Å². The summed E-state index contributed by atoms with van der Waals surface area (Å²) in [4.78, 5) is 0. The van der Waals surface area contributed by atoms with Gasteiger partial charge in [0.25, 0.3) is 5.92 Å². The molecule has 0 spiro atoms. The zero-order valence-corrected chi connectivity index (χ0v) is 6.33. The molecule has 0 aromatic rings. The van der Waals surface area contributed by atoms with Crippen LogP contribution in [-0.4, -0.2) is 24.0 Å². The summed E-state index contributed by atoms with van der Waals surface area (Å²) in [6, 6.07) is 0. The molecule has 0 aliphatic heterocycles. The summed E-state index contributed by atoms with van der Waals surface area (Å²) in [5.74, 6) is -2.53. The van der Waals surface area contributed by atoms with Crippen LogP contribution in [0.3, 0.4) is 0 Å². The van der Waals surface area contributed by atoms with Crippen molar-refractivity contribution in [1.29, 1.82) is 0 Å². The molecule has 1 fully saturated rings. The van der Waals surface area contributed by atoms with Crippen molar-refractivity contribution in [2.24, 2.45) is 0 Å². The second-order valence-corrected chi connectivity index (χ2v) is 2.81.